The van der Waals surface area contributed by atoms with Gasteiger partial charge in [-0.1, -0.05) is 29.4 Å². The minimum absolute atomic E-state index is 0.0273. The predicted octanol–water partition coefficient (Wildman–Crippen LogP) is 4.88. The van der Waals surface area contributed by atoms with E-state index in [1.165, 1.54) is 12.1 Å². The van der Waals surface area contributed by atoms with Crippen molar-refractivity contribution in [3.8, 4) is 0 Å². The highest BCUT2D eigenvalue weighted by Gasteiger charge is 2.30. The number of carbonyl (C=O) groups excluding carboxylic acids is 2. The van der Waals surface area contributed by atoms with Gasteiger partial charge in [-0.05, 0) is 49.4 Å². The summed E-state index contributed by atoms with van der Waals surface area (Å²) in [5, 5.41) is 14.2. The minimum atomic E-state index is -4.50. The van der Waals surface area contributed by atoms with Gasteiger partial charge in [0.2, 0.25) is 11.8 Å². The van der Waals surface area contributed by atoms with Crippen molar-refractivity contribution in [1.29, 1.82) is 0 Å². The molecular weight excluding hydrogens is 479 g/mol. The molecule has 0 aliphatic heterocycles. The lowest BCUT2D eigenvalue weighted by Crippen LogP contribution is -2.18. The third-order valence-corrected chi connectivity index (χ3v) is 5.58. The molecule has 0 unspecified atom stereocenters. The number of anilines is 2. The number of benzene rings is 2. The molecule has 0 saturated heterocycles. The van der Waals surface area contributed by atoms with Crippen LogP contribution in [0, 0.1) is 0 Å². The fraction of sp³-hybridized carbons (Fsp3) is 0.238. The summed E-state index contributed by atoms with van der Waals surface area (Å²) < 4.78 is 40.2. The molecule has 1 aromatic heterocycles. The number of nitrogens with one attached hydrogen (secondary N) is 2. The molecule has 0 radical (unpaired) electrons. The molecule has 12 heteroatoms. The molecule has 0 saturated carbocycles. The number of thioether (sulfide) groups is 1. The van der Waals surface area contributed by atoms with E-state index in [1.807, 2.05) is 6.92 Å². The van der Waals surface area contributed by atoms with Gasteiger partial charge >= 0.3 is 6.18 Å². The van der Waals surface area contributed by atoms with Crippen LogP contribution < -0.4 is 10.6 Å². The van der Waals surface area contributed by atoms with E-state index in [4.69, 9.17) is 11.6 Å². The lowest BCUT2D eigenvalue weighted by molar-refractivity contribution is -0.137. The van der Waals surface area contributed by atoms with Gasteiger partial charge in [0, 0.05) is 22.9 Å². The molecule has 0 atom stereocenters. The van der Waals surface area contributed by atoms with E-state index in [0.717, 1.165) is 23.9 Å². The maximum absolute atomic E-state index is 12.8. The predicted molar refractivity (Wildman–Crippen MR) is 120 cm³/mol. The summed E-state index contributed by atoms with van der Waals surface area (Å²) in [6, 6.07) is 11.1. The van der Waals surface area contributed by atoms with E-state index in [2.05, 4.69) is 20.8 Å². The summed E-state index contributed by atoms with van der Waals surface area (Å²) in [6.07, 6.45) is -4.52. The van der Waals surface area contributed by atoms with Crippen LogP contribution in [-0.2, 0) is 28.7 Å². The average molecular weight is 498 g/mol. The lowest BCUT2D eigenvalue weighted by Gasteiger charge is -2.10. The Balaban J connectivity index is 1.58. The van der Waals surface area contributed by atoms with Crippen LogP contribution in [-0.4, -0.2) is 32.3 Å². The topological polar surface area (TPSA) is 88.9 Å². The summed E-state index contributed by atoms with van der Waals surface area (Å²) in [6.45, 7) is 2.31. The summed E-state index contributed by atoms with van der Waals surface area (Å²) in [5.74, 6) is -0.458. The van der Waals surface area contributed by atoms with Crippen LogP contribution in [0.2, 0.25) is 5.02 Å². The van der Waals surface area contributed by atoms with Crippen LogP contribution in [0.1, 0.15) is 18.3 Å². The van der Waals surface area contributed by atoms with Gasteiger partial charge < -0.3 is 15.2 Å². The normalized spacial score (nSPS) is 11.3. The molecule has 2 amide bonds. The third kappa shape index (κ3) is 6.96. The van der Waals surface area contributed by atoms with Gasteiger partial charge in [-0.25, -0.2) is 0 Å². The minimum Gasteiger partial charge on any atom is -0.326 e. The fourth-order valence-corrected chi connectivity index (χ4v) is 3.80. The Morgan fingerprint density at radius 3 is 2.39 bits per heavy atom. The van der Waals surface area contributed by atoms with Crippen LogP contribution in [0.3, 0.4) is 0 Å². The average Bonchev–Trinajstić information content (AvgIpc) is 3.14. The molecule has 2 aromatic carbocycles. The van der Waals surface area contributed by atoms with E-state index in [0.29, 0.717) is 28.2 Å². The lowest BCUT2D eigenvalue weighted by atomic mass is 10.2. The van der Waals surface area contributed by atoms with Gasteiger partial charge in [0.1, 0.15) is 5.82 Å². The maximum Gasteiger partial charge on any atom is 0.416 e. The Morgan fingerprint density at radius 2 is 1.73 bits per heavy atom. The molecule has 1 heterocycles. The van der Waals surface area contributed by atoms with Crippen molar-refractivity contribution < 1.29 is 22.8 Å². The Kier molecular flexibility index (Phi) is 7.98. The van der Waals surface area contributed by atoms with Crippen LogP contribution in [0.15, 0.2) is 53.7 Å². The number of alkyl halides is 3. The van der Waals surface area contributed by atoms with Gasteiger partial charge in [-0.15, -0.1) is 10.2 Å². The maximum atomic E-state index is 12.8. The molecule has 2 N–H and O–H groups in total. The molecule has 0 fully saturated rings. The molecule has 33 heavy (non-hydrogen) atoms. The first-order chi connectivity index (χ1) is 15.7. The zero-order valence-electron chi connectivity index (χ0n) is 17.3. The second-order valence-corrected chi connectivity index (χ2v) is 8.17. The van der Waals surface area contributed by atoms with Crippen LogP contribution >= 0.6 is 23.4 Å². The van der Waals surface area contributed by atoms with Gasteiger partial charge in [-0.2, -0.15) is 13.2 Å². The van der Waals surface area contributed by atoms with Crippen molar-refractivity contribution in [2.75, 3.05) is 16.4 Å². The van der Waals surface area contributed by atoms with E-state index in [9.17, 15) is 22.8 Å². The highest BCUT2D eigenvalue weighted by molar-refractivity contribution is 7.99. The van der Waals surface area contributed by atoms with E-state index in [1.54, 1.807) is 28.8 Å². The third-order valence-electron chi connectivity index (χ3n) is 4.36. The number of hydrogen-bond acceptors (Lipinski definition) is 5. The molecule has 174 valence electrons. The second-order valence-electron chi connectivity index (χ2n) is 6.79. The first-order valence-corrected chi connectivity index (χ1v) is 11.1. The zero-order chi connectivity index (χ0) is 24.0. The van der Waals surface area contributed by atoms with Crippen molar-refractivity contribution in [2.24, 2.45) is 0 Å². The van der Waals surface area contributed by atoms with Gasteiger partial charge in [0.25, 0.3) is 0 Å². The number of halogens is 4. The second kappa shape index (κ2) is 10.7. The highest BCUT2D eigenvalue weighted by atomic mass is 35.5. The molecule has 3 aromatic rings. The van der Waals surface area contributed by atoms with Crippen LogP contribution in [0.4, 0.5) is 24.5 Å². The van der Waals surface area contributed by atoms with Crippen LogP contribution in [0.5, 0.6) is 0 Å². The SMILES string of the molecule is CCn1c(CC(=O)Nc2ccc(Cl)cc2)nnc1SCC(=O)Nc1cccc(C(F)(F)F)c1. The first-order valence-electron chi connectivity index (χ1n) is 9.73. The Hall–Kier alpha value is -3.05. The fourth-order valence-electron chi connectivity index (χ4n) is 2.86. The van der Waals surface area contributed by atoms with Crippen molar-refractivity contribution in [3.63, 3.8) is 0 Å². The first kappa shape index (κ1) is 24.6. The highest BCUT2D eigenvalue weighted by Crippen LogP contribution is 2.30. The van der Waals surface area contributed by atoms with E-state index in [-0.39, 0.29) is 23.8 Å². The number of amides is 2. The van der Waals surface area contributed by atoms with Gasteiger partial charge in [0.15, 0.2) is 5.16 Å². The largest absolute Gasteiger partial charge is 0.416 e. The molecular formula is C21H19ClF3N5O2S. The summed E-state index contributed by atoms with van der Waals surface area (Å²) >= 11 is 6.90. The zero-order valence-corrected chi connectivity index (χ0v) is 18.9. The number of aromatic nitrogens is 3. The molecule has 0 spiro atoms. The Morgan fingerprint density at radius 1 is 1.03 bits per heavy atom. The quantitative estimate of drug-likeness (QED) is 0.433. The van der Waals surface area contributed by atoms with Gasteiger partial charge in [0.05, 0.1) is 17.7 Å². The summed E-state index contributed by atoms with van der Waals surface area (Å²) in [4.78, 5) is 24.5. The summed E-state index contributed by atoms with van der Waals surface area (Å²) in [5.41, 5.74) is -0.208. The van der Waals surface area contributed by atoms with E-state index < -0.39 is 17.6 Å². The molecule has 3 rings (SSSR count). The number of carbonyl (C=O) groups is 2. The number of hydrogen-bond donors (Lipinski definition) is 2. The van der Waals surface area contributed by atoms with Crippen molar-refractivity contribution in [1.82, 2.24) is 14.8 Å². The molecule has 0 bridgehead atoms. The molecule has 0 aliphatic rings. The van der Waals surface area contributed by atoms with Crippen molar-refractivity contribution in [2.45, 2.75) is 31.2 Å². The summed E-state index contributed by atoms with van der Waals surface area (Å²) in [7, 11) is 0. The smallest absolute Gasteiger partial charge is 0.326 e. The molecule has 0 aliphatic carbocycles. The number of rotatable bonds is 8. The Bertz CT molecular complexity index is 1140. The standard InChI is InChI=1S/C21H19ClF3N5O2S/c1-2-30-17(11-18(31)26-15-8-6-14(22)7-9-15)28-29-20(30)33-12-19(32)27-16-5-3-4-13(10-16)21(23,24)25/h3-10H,2,11-12H2,1H3,(H,26,31)(H,27,32). The Labute approximate surface area is 196 Å². The van der Waals surface area contributed by atoms with E-state index >= 15 is 0 Å². The van der Waals surface area contributed by atoms with Gasteiger partial charge in [-0.3, -0.25) is 9.59 Å². The van der Waals surface area contributed by atoms with Crippen LogP contribution in [0.25, 0.3) is 0 Å². The van der Waals surface area contributed by atoms with Crippen molar-refractivity contribution >= 4 is 46.6 Å². The number of nitrogens with zero attached hydrogens (tertiary/aromatic N) is 3. The van der Waals surface area contributed by atoms with Crippen molar-refractivity contribution in [3.05, 3.63) is 64.9 Å². The molecule has 7 nitrogen and oxygen atoms in total. The monoisotopic (exact) mass is 497 g/mol.